The molecule has 0 amide bonds. The minimum atomic E-state index is -2.58. The Morgan fingerprint density at radius 3 is 2.50 bits per heavy atom. The van der Waals surface area contributed by atoms with E-state index in [1.807, 2.05) is 0 Å². The fraction of sp³-hybridized carbons (Fsp3) is 0.800. The molecule has 0 aromatic heterocycles. The smallest absolute Gasteiger partial charge is 0.270 e. The summed E-state index contributed by atoms with van der Waals surface area (Å²) in [6, 6.07) is 0. The fourth-order valence-corrected chi connectivity index (χ4v) is 4.66. The molecule has 2 heteroatoms. The van der Waals surface area contributed by atoms with Gasteiger partial charge in [0, 0.05) is 0 Å². The lowest BCUT2D eigenvalue weighted by molar-refractivity contribution is 0.365. The molecule has 0 N–H and O–H groups in total. The molecule has 0 radical (unpaired) electrons. The second-order valence-corrected chi connectivity index (χ2v) is 7.68. The van der Waals surface area contributed by atoms with E-state index in [-0.39, 0.29) is 0 Å². The molecular weight excluding hydrogens is 167 g/mol. The minimum Gasteiger partial charge on any atom is -0.308 e. The van der Waals surface area contributed by atoms with Gasteiger partial charge in [-0.2, -0.15) is 0 Å². The summed E-state index contributed by atoms with van der Waals surface area (Å²) in [5.74, 6) is 0.582. The van der Waals surface area contributed by atoms with Crippen molar-refractivity contribution in [3.8, 4) is 0 Å². The van der Waals surface area contributed by atoms with E-state index >= 15 is 0 Å². The Hall–Kier alpha value is -0.113. The zero-order valence-electron chi connectivity index (χ0n) is 8.15. The SMILES string of the molecule is C=C[Si](C)(F)C1CCCCC1C. The third-order valence-electron chi connectivity index (χ3n) is 3.24. The van der Waals surface area contributed by atoms with Gasteiger partial charge in [-0.15, -0.1) is 6.58 Å². The Morgan fingerprint density at radius 2 is 2.00 bits per heavy atom. The van der Waals surface area contributed by atoms with Crippen LogP contribution >= 0.6 is 0 Å². The average molecular weight is 186 g/mol. The van der Waals surface area contributed by atoms with Gasteiger partial charge in [0.05, 0.1) is 0 Å². The molecule has 0 heterocycles. The maximum atomic E-state index is 14.0. The monoisotopic (exact) mass is 186 g/mol. The van der Waals surface area contributed by atoms with Crippen LogP contribution in [0.15, 0.2) is 12.3 Å². The van der Waals surface area contributed by atoms with Gasteiger partial charge in [0.1, 0.15) is 0 Å². The third-order valence-corrected chi connectivity index (χ3v) is 6.34. The summed E-state index contributed by atoms with van der Waals surface area (Å²) in [5, 5.41) is 0. The van der Waals surface area contributed by atoms with Crippen molar-refractivity contribution in [2.45, 2.75) is 44.7 Å². The Labute approximate surface area is 76.0 Å². The summed E-state index contributed by atoms with van der Waals surface area (Å²) in [4.78, 5) is 0. The summed E-state index contributed by atoms with van der Waals surface area (Å²) < 4.78 is 14.0. The van der Waals surface area contributed by atoms with Crippen LogP contribution in [0, 0.1) is 5.92 Å². The van der Waals surface area contributed by atoms with Crippen LogP contribution in [0.5, 0.6) is 0 Å². The molecule has 0 aliphatic heterocycles. The molecule has 1 rings (SSSR count). The van der Waals surface area contributed by atoms with Gasteiger partial charge in [-0.05, 0) is 24.4 Å². The fourth-order valence-electron chi connectivity index (χ4n) is 2.31. The van der Waals surface area contributed by atoms with Gasteiger partial charge < -0.3 is 4.11 Å². The van der Waals surface area contributed by atoms with E-state index in [0.29, 0.717) is 11.5 Å². The molecule has 1 saturated carbocycles. The first-order chi connectivity index (χ1) is 5.58. The summed E-state index contributed by atoms with van der Waals surface area (Å²) in [6.45, 7) is 7.62. The predicted molar refractivity (Wildman–Crippen MR) is 54.3 cm³/mol. The van der Waals surface area contributed by atoms with Gasteiger partial charge in [-0.3, -0.25) is 0 Å². The van der Waals surface area contributed by atoms with Crippen LogP contribution in [0.25, 0.3) is 0 Å². The molecule has 0 aromatic rings. The number of rotatable bonds is 2. The van der Waals surface area contributed by atoms with Crippen LogP contribution in [-0.4, -0.2) is 8.41 Å². The van der Waals surface area contributed by atoms with Crippen molar-refractivity contribution in [1.82, 2.24) is 0 Å². The molecule has 0 aromatic carbocycles. The second-order valence-electron chi connectivity index (χ2n) is 4.22. The number of hydrogen-bond acceptors (Lipinski definition) is 0. The van der Waals surface area contributed by atoms with E-state index in [0.717, 1.165) is 6.42 Å². The standard InChI is InChI=1S/C10H19FSi/c1-4-12(3,11)10-8-6-5-7-9(10)2/h4,9-10H,1,5-8H2,2-3H3. The molecule has 1 aliphatic carbocycles. The number of halogens is 1. The van der Waals surface area contributed by atoms with E-state index in [2.05, 4.69) is 13.5 Å². The van der Waals surface area contributed by atoms with Crippen LogP contribution < -0.4 is 0 Å². The van der Waals surface area contributed by atoms with Crippen molar-refractivity contribution in [3.63, 3.8) is 0 Å². The van der Waals surface area contributed by atoms with E-state index in [1.54, 1.807) is 12.2 Å². The van der Waals surface area contributed by atoms with E-state index in [1.165, 1.54) is 19.3 Å². The molecule has 0 nitrogen and oxygen atoms in total. The van der Waals surface area contributed by atoms with E-state index < -0.39 is 8.41 Å². The lowest BCUT2D eigenvalue weighted by Crippen LogP contribution is -2.34. The van der Waals surface area contributed by atoms with Crippen molar-refractivity contribution in [1.29, 1.82) is 0 Å². The molecule has 0 bridgehead atoms. The zero-order chi connectivity index (χ0) is 9.19. The van der Waals surface area contributed by atoms with Crippen LogP contribution in [0.3, 0.4) is 0 Å². The maximum Gasteiger partial charge on any atom is 0.270 e. The third kappa shape index (κ3) is 1.97. The highest BCUT2D eigenvalue weighted by Gasteiger charge is 2.39. The molecule has 1 aliphatic rings. The van der Waals surface area contributed by atoms with Gasteiger partial charge in [0.2, 0.25) is 0 Å². The van der Waals surface area contributed by atoms with Gasteiger partial charge in [0.15, 0.2) is 0 Å². The first-order valence-corrected chi connectivity index (χ1v) is 7.43. The molecule has 1 fully saturated rings. The zero-order valence-corrected chi connectivity index (χ0v) is 9.15. The minimum absolute atomic E-state index is 0.337. The van der Waals surface area contributed by atoms with E-state index in [9.17, 15) is 4.11 Å². The first kappa shape index (κ1) is 9.97. The highest BCUT2D eigenvalue weighted by atomic mass is 28.4. The molecule has 3 atom stereocenters. The molecule has 12 heavy (non-hydrogen) atoms. The van der Waals surface area contributed by atoms with Crippen molar-refractivity contribution < 1.29 is 4.11 Å². The Kier molecular flexibility index (Phi) is 3.10. The van der Waals surface area contributed by atoms with Crippen LogP contribution in [0.2, 0.25) is 12.1 Å². The van der Waals surface area contributed by atoms with Crippen molar-refractivity contribution in [3.05, 3.63) is 12.3 Å². The number of hydrogen-bond donors (Lipinski definition) is 0. The summed E-state index contributed by atoms with van der Waals surface area (Å²) in [6.07, 6.45) is 4.81. The Balaban J connectivity index is 2.64. The van der Waals surface area contributed by atoms with Gasteiger partial charge >= 0.3 is 0 Å². The molecule has 3 unspecified atom stereocenters. The molecule has 0 saturated heterocycles. The van der Waals surface area contributed by atoms with Crippen molar-refractivity contribution in [2.24, 2.45) is 5.92 Å². The van der Waals surface area contributed by atoms with E-state index in [4.69, 9.17) is 0 Å². The maximum absolute atomic E-state index is 14.0. The Morgan fingerprint density at radius 1 is 1.42 bits per heavy atom. The van der Waals surface area contributed by atoms with Crippen molar-refractivity contribution in [2.75, 3.05) is 0 Å². The van der Waals surface area contributed by atoms with Crippen LogP contribution in [-0.2, 0) is 0 Å². The molecule has 0 spiro atoms. The van der Waals surface area contributed by atoms with Crippen molar-refractivity contribution >= 4 is 8.41 Å². The average Bonchev–Trinajstić information content (AvgIpc) is 2.05. The largest absolute Gasteiger partial charge is 0.308 e. The molecule has 70 valence electrons. The predicted octanol–water partition coefficient (Wildman–Crippen LogP) is 3.84. The topological polar surface area (TPSA) is 0 Å². The molecular formula is C10H19FSi. The summed E-state index contributed by atoms with van der Waals surface area (Å²) >= 11 is 0. The highest BCUT2D eigenvalue weighted by Crippen LogP contribution is 2.42. The summed E-state index contributed by atoms with van der Waals surface area (Å²) in [5.41, 5.74) is 1.95. The van der Waals surface area contributed by atoms with Crippen LogP contribution in [0.4, 0.5) is 4.11 Å². The van der Waals surface area contributed by atoms with Gasteiger partial charge in [-0.25, -0.2) is 0 Å². The second kappa shape index (κ2) is 3.73. The normalized spacial score (nSPS) is 35.6. The summed E-state index contributed by atoms with van der Waals surface area (Å²) in [7, 11) is -2.58. The first-order valence-electron chi connectivity index (χ1n) is 4.90. The van der Waals surface area contributed by atoms with Crippen LogP contribution in [0.1, 0.15) is 32.6 Å². The van der Waals surface area contributed by atoms with Gasteiger partial charge in [-0.1, -0.05) is 31.9 Å². The quantitative estimate of drug-likeness (QED) is 0.454. The highest BCUT2D eigenvalue weighted by molar-refractivity contribution is 6.78. The Bertz CT molecular complexity index is 165. The van der Waals surface area contributed by atoms with Gasteiger partial charge in [0.25, 0.3) is 8.41 Å². The lowest BCUT2D eigenvalue weighted by atomic mass is 9.90. The lowest BCUT2D eigenvalue weighted by Gasteiger charge is -2.34.